The minimum absolute atomic E-state index is 0.166. The number of methoxy groups -OCH3 is 1. The van der Waals surface area contributed by atoms with Gasteiger partial charge in [-0.3, -0.25) is 0 Å². The molecular formula is C21H28O7. The van der Waals surface area contributed by atoms with Gasteiger partial charge in [-0.1, -0.05) is 24.8 Å². The van der Waals surface area contributed by atoms with Gasteiger partial charge >= 0.3 is 11.9 Å². The van der Waals surface area contributed by atoms with Crippen LogP contribution in [0.2, 0.25) is 0 Å². The van der Waals surface area contributed by atoms with E-state index in [9.17, 15) is 14.7 Å². The minimum Gasteiger partial charge on any atom is -0.458 e. The highest BCUT2D eigenvalue weighted by atomic mass is 16.7. The summed E-state index contributed by atoms with van der Waals surface area (Å²) in [6.45, 7) is 13.1. The molecule has 0 aliphatic carbocycles. The van der Waals surface area contributed by atoms with Gasteiger partial charge in [-0.15, -0.1) is 0 Å². The fourth-order valence-electron chi connectivity index (χ4n) is 4.39. The Balaban J connectivity index is 2.04. The first kappa shape index (κ1) is 20.8. The normalized spacial score (nSPS) is 41.0. The molecule has 7 nitrogen and oxygen atoms in total. The molecule has 0 radical (unpaired) electrons. The van der Waals surface area contributed by atoms with Gasteiger partial charge in [0.2, 0.25) is 0 Å². The molecule has 2 bridgehead atoms. The molecule has 3 rings (SSSR count). The van der Waals surface area contributed by atoms with E-state index >= 15 is 0 Å². The maximum Gasteiger partial charge on any atom is 0.334 e. The summed E-state index contributed by atoms with van der Waals surface area (Å²) in [6, 6.07) is 0. The quantitative estimate of drug-likeness (QED) is 0.447. The standard InChI is InChI=1S/C21H28O7/c1-7-12(3)18(22)26-14-8-11(2)9-21(24)10-20(5,25-6)17(28-21)16-15(14)13(4)19(23)27-16/h7,14-17,24H,2,4,8-10H2,1,3,5-6H3/b12-7+/t14-,15+,16-,17+,20+,21-/m0/s1. The van der Waals surface area contributed by atoms with E-state index in [-0.39, 0.29) is 24.8 Å². The number of allylic oxidation sites excluding steroid dienone is 1. The number of esters is 2. The molecule has 28 heavy (non-hydrogen) atoms. The Morgan fingerprint density at radius 3 is 2.68 bits per heavy atom. The van der Waals surface area contributed by atoms with Crippen LogP contribution in [-0.2, 0) is 28.5 Å². The van der Waals surface area contributed by atoms with E-state index < -0.39 is 47.6 Å². The third-order valence-corrected chi connectivity index (χ3v) is 6.03. The Morgan fingerprint density at radius 1 is 1.39 bits per heavy atom. The average molecular weight is 392 g/mol. The number of aliphatic hydroxyl groups is 1. The zero-order chi connectivity index (χ0) is 20.9. The van der Waals surface area contributed by atoms with Crippen molar-refractivity contribution < 1.29 is 33.6 Å². The molecule has 3 fully saturated rings. The van der Waals surface area contributed by atoms with Gasteiger partial charge in [0.1, 0.15) is 23.9 Å². The molecule has 3 heterocycles. The lowest BCUT2D eigenvalue weighted by atomic mass is 9.78. The van der Waals surface area contributed by atoms with Crippen molar-refractivity contribution in [3.05, 3.63) is 36.0 Å². The van der Waals surface area contributed by atoms with Gasteiger partial charge < -0.3 is 24.1 Å². The van der Waals surface area contributed by atoms with Crippen LogP contribution in [0.4, 0.5) is 0 Å². The third-order valence-electron chi connectivity index (χ3n) is 6.03. The van der Waals surface area contributed by atoms with Crippen molar-refractivity contribution in [1.29, 1.82) is 0 Å². The van der Waals surface area contributed by atoms with Gasteiger partial charge in [-0.2, -0.15) is 0 Å². The molecule has 7 heteroatoms. The average Bonchev–Trinajstić information content (AvgIpc) is 3.07. The minimum atomic E-state index is -1.49. The summed E-state index contributed by atoms with van der Waals surface area (Å²) in [5.74, 6) is -3.17. The number of hydrogen-bond donors (Lipinski definition) is 1. The van der Waals surface area contributed by atoms with Crippen LogP contribution in [0, 0.1) is 5.92 Å². The highest BCUT2D eigenvalue weighted by Crippen LogP contribution is 2.50. The molecule has 154 valence electrons. The number of carbonyl (C=O) groups excluding carboxylic acids is 2. The van der Waals surface area contributed by atoms with Crippen LogP contribution in [0.3, 0.4) is 0 Å². The second-order valence-electron chi connectivity index (χ2n) is 8.15. The molecule has 0 aromatic carbocycles. The fraction of sp³-hybridized carbons (Fsp3) is 0.619. The lowest BCUT2D eigenvalue weighted by Crippen LogP contribution is -2.49. The van der Waals surface area contributed by atoms with E-state index in [2.05, 4.69) is 13.2 Å². The maximum atomic E-state index is 12.4. The van der Waals surface area contributed by atoms with E-state index in [0.717, 1.165) is 0 Å². The van der Waals surface area contributed by atoms with Gasteiger partial charge in [0.15, 0.2) is 5.79 Å². The molecule has 3 aliphatic rings. The summed E-state index contributed by atoms with van der Waals surface area (Å²) < 4.78 is 23.0. The zero-order valence-corrected chi connectivity index (χ0v) is 16.8. The lowest BCUT2D eigenvalue weighted by molar-refractivity contribution is -0.217. The third kappa shape index (κ3) is 3.43. The molecule has 1 N–H and O–H groups in total. The van der Waals surface area contributed by atoms with E-state index in [1.54, 1.807) is 26.8 Å². The Labute approximate surface area is 165 Å². The van der Waals surface area contributed by atoms with E-state index in [4.69, 9.17) is 18.9 Å². The fourth-order valence-corrected chi connectivity index (χ4v) is 4.39. The van der Waals surface area contributed by atoms with Gasteiger partial charge in [-0.05, 0) is 20.8 Å². The second-order valence-corrected chi connectivity index (χ2v) is 8.15. The summed E-state index contributed by atoms with van der Waals surface area (Å²) in [6.07, 6.45) is 0.0339. The molecular weight excluding hydrogens is 364 g/mol. The maximum absolute atomic E-state index is 12.4. The first-order valence-corrected chi connectivity index (χ1v) is 9.39. The summed E-state index contributed by atoms with van der Waals surface area (Å²) >= 11 is 0. The van der Waals surface area contributed by atoms with Gasteiger partial charge in [0, 0.05) is 37.5 Å². The Hall–Kier alpha value is -1.96. The second kappa shape index (κ2) is 7.13. The summed E-state index contributed by atoms with van der Waals surface area (Å²) in [5, 5.41) is 11.0. The van der Waals surface area contributed by atoms with Crippen LogP contribution in [0.5, 0.6) is 0 Å². The first-order valence-electron chi connectivity index (χ1n) is 9.39. The number of hydrogen-bond acceptors (Lipinski definition) is 7. The van der Waals surface area contributed by atoms with Crippen molar-refractivity contribution in [2.45, 2.75) is 69.7 Å². The van der Waals surface area contributed by atoms with Crippen molar-refractivity contribution in [3.8, 4) is 0 Å². The van der Waals surface area contributed by atoms with Crippen LogP contribution < -0.4 is 0 Å². The number of fused-ring (bicyclic) bond motifs is 4. The summed E-state index contributed by atoms with van der Waals surface area (Å²) in [7, 11) is 1.52. The van der Waals surface area contributed by atoms with E-state index in [0.29, 0.717) is 11.1 Å². The molecule has 0 aromatic rings. The molecule has 0 aromatic heterocycles. The van der Waals surface area contributed by atoms with Crippen LogP contribution in [0.15, 0.2) is 36.0 Å². The summed E-state index contributed by atoms with van der Waals surface area (Å²) in [5.41, 5.74) is 0.419. The Bertz CT molecular complexity index is 754. The SMILES string of the molecule is C=C1C[C@H](OC(=O)/C(C)=C/C)[C@H]2C(=C)C(=O)O[C@@H]2[C@H]2O[C@@](O)(C1)C[C@@]2(C)OC. The van der Waals surface area contributed by atoms with Crippen LogP contribution in [-0.4, -0.2) is 53.9 Å². The van der Waals surface area contributed by atoms with Gasteiger partial charge in [0.25, 0.3) is 0 Å². The number of carbonyl (C=O) groups is 2. The highest BCUT2D eigenvalue weighted by molar-refractivity contribution is 5.91. The molecule has 3 aliphatic heterocycles. The largest absolute Gasteiger partial charge is 0.458 e. The predicted molar refractivity (Wildman–Crippen MR) is 100 cm³/mol. The molecule has 0 amide bonds. The van der Waals surface area contributed by atoms with E-state index in [1.165, 1.54) is 7.11 Å². The molecule has 3 saturated heterocycles. The zero-order valence-electron chi connectivity index (χ0n) is 16.8. The van der Waals surface area contributed by atoms with Crippen molar-refractivity contribution >= 4 is 11.9 Å². The molecule has 6 atom stereocenters. The van der Waals surface area contributed by atoms with Crippen molar-refractivity contribution in [1.82, 2.24) is 0 Å². The Kier molecular flexibility index (Phi) is 5.29. The van der Waals surface area contributed by atoms with Crippen LogP contribution >= 0.6 is 0 Å². The van der Waals surface area contributed by atoms with Crippen molar-refractivity contribution in [3.63, 3.8) is 0 Å². The first-order chi connectivity index (χ1) is 13.0. The van der Waals surface area contributed by atoms with Crippen molar-refractivity contribution in [2.24, 2.45) is 5.92 Å². The predicted octanol–water partition coefficient (Wildman–Crippen LogP) is 2.19. The smallest absolute Gasteiger partial charge is 0.334 e. The lowest BCUT2D eigenvalue weighted by Gasteiger charge is -2.35. The van der Waals surface area contributed by atoms with Crippen molar-refractivity contribution in [2.75, 3.05) is 7.11 Å². The highest BCUT2D eigenvalue weighted by Gasteiger charge is 2.62. The topological polar surface area (TPSA) is 91.3 Å². The van der Waals surface area contributed by atoms with Gasteiger partial charge in [0.05, 0.1) is 5.92 Å². The number of rotatable bonds is 3. The van der Waals surface area contributed by atoms with Gasteiger partial charge in [-0.25, -0.2) is 9.59 Å². The molecule has 0 spiro atoms. The number of ether oxygens (including phenoxy) is 4. The van der Waals surface area contributed by atoms with Crippen LogP contribution in [0.25, 0.3) is 0 Å². The molecule has 0 unspecified atom stereocenters. The Morgan fingerprint density at radius 2 is 2.07 bits per heavy atom. The summed E-state index contributed by atoms with van der Waals surface area (Å²) in [4.78, 5) is 24.8. The molecule has 0 saturated carbocycles. The van der Waals surface area contributed by atoms with E-state index in [1.807, 2.05) is 0 Å². The van der Waals surface area contributed by atoms with Crippen LogP contribution in [0.1, 0.15) is 40.0 Å². The monoisotopic (exact) mass is 392 g/mol.